The van der Waals surface area contributed by atoms with E-state index in [2.05, 4.69) is 55.7 Å². The van der Waals surface area contributed by atoms with E-state index in [9.17, 15) is 58.5 Å². The Kier molecular flexibility index (Phi) is 31.8. The van der Waals surface area contributed by atoms with Crippen molar-refractivity contribution in [2.75, 3.05) is 68.5 Å². The summed E-state index contributed by atoms with van der Waals surface area (Å²) in [6.45, 7) is 20.1. The van der Waals surface area contributed by atoms with Gasteiger partial charge in [0.15, 0.2) is 23.0 Å². The molecule has 0 aliphatic carbocycles. The van der Waals surface area contributed by atoms with E-state index < -0.39 is 90.3 Å². The van der Waals surface area contributed by atoms with Crippen LogP contribution in [0.2, 0.25) is 0 Å². The number of hydrogen-bond donors (Lipinski definition) is 11. The number of ether oxygens (including phenoxy) is 7. The van der Waals surface area contributed by atoms with Crippen molar-refractivity contribution in [1.29, 1.82) is 0 Å². The van der Waals surface area contributed by atoms with Crippen LogP contribution in [-0.4, -0.2) is 169 Å². The predicted molar refractivity (Wildman–Crippen MR) is 385 cm³/mol. The molecule has 0 spiro atoms. The summed E-state index contributed by atoms with van der Waals surface area (Å²) in [4.78, 5) is 122. The number of rotatable bonds is 39. The minimum atomic E-state index is -1.68. The zero-order valence-electron chi connectivity index (χ0n) is 60.0. The molecule has 2 unspecified atom stereocenters. The van der Waals surface area contributed by atoms with E-state index in [0.717, 1.165) is 11.1 Å². The van der Waals surface area contributed by atoms with E-state index in [1.54, 1.807) is 94.7 Å². The van der Waals surface area contributed by atoms with Crippen LogP contribution in [0.4, 0.5) is 32.3 Å². The van der Waals surface area contributed by atoms with Gasteiger partial charge in [0.2, 0.25) is 35.9 Å². The van der Waals surface area contributed by atoms with Crippen LogP contribution in [0.3, 0.4) is 0 Å². The van der Waals surface area contributed by atoms with Crippen LogP contribution in [0.15, 0.2) is 122 Å². The van der Waals surface area contributed by atoms with Crippen LogP contribution in [0.5, 0.6) is 23.0 Å². The lowest BCUT2D eigenvalue weighted by Crippen LogP contribution is -2.53. The molecule has 0 aromatic heterocycles. The number of nitrogens with zero attached hydrogens (tertiary/aromatic N) is 2. The van der Waals surface area contributed by atoms with Gasteiger partial charge in [-0.1, -0.05) is 81.8 Å². The number of hydrogen-bond acceptors (Lipinski definition) is 20. The van der Waals surface area contributed by atoms with Crippen LogP contribution in [0.25, 0.3) is 0 Å². The number of anilines is 4. The van der Waals surface area contributed by atoms with Crippen molar-refractivity contribution in [3.8, 4) is 23.0 Å². The van der Waals surface area contributed by atoms with Gasteiger partial charge in [0.1, 0.15) is 37.4 Å². The number of methoxy groups -OCH3 is 2. The first-order valence-electron chi connectivity index (χ1n) is 34.0. The molecule has 0 saturated carbocycles. The first-order chi connectivity index (χ1) is 49.2. The molecular weight excluding hydrogens is 1330 g/mol. The lowest BCUT2D eigenvalue weighted by atomic mass is 10.0. The summed E-state index contributed by atoms with van der Waals surface area (Å²) < 4.78 is 40.2. The monoisotopic (exact) mass is 1430 g/mol. The Hall–Kier alpha value is -10.5. The Balaban J connectivity index is 1.06. The predicted octanol–water partition coefficient (Wildman–Crippen LogP) is 8.14. The molecule has 558 valence electrons. The van der Waals surface area contributed by atoms with Crippen molar-refractivity contribution in [3.63, 3.8) is 0 Å². The van der Waals surface area contributed by atoms with Crippen molar-refractivity contribution in [3.05, 3.63) is 144 Å². The van der Waals surface area contributed by atoms with E-state index in [4.69, 9.17) is 33.2 Å². The van der Waals surface area contributed by atoms with Crippen LogP contribution in [0.1, 0.15) is 132 Å². The second kappa shape index (κ2) is 40.2. The van der Waals surface area contributed by atoms with E-state index in [1.165, 1.54) is 68.2 Å². The summed E-state index contributed by atoms with van der Waals surface area (Å²) in [5.74, 6) is -3.24. The maximum atomic E-state index is 14.3. The fourth-order valence-corrected chi connectivity index (χ4v) is 10.9. The highest BCUT2D eigenvalue weighted by Gasteiger charge is 2.34. The quantitative estimate of drug-likeness (QED) is 0.0114. The third kappa shape index (κ3) is 24.4. The van der Waals surface area contributed by atoms with Crippen molar-refractivity contribution < 1.29 is 91.6 Å². The minimum Gasteiger partial charge on any atom is -0.493 e. The van der Waals surface area contributed by atoms with Crippen LogP contribution in [0, 0.1) is 11.8 Å². The molecule has 4 aromatic carbocycles. The summed E-state index contributed by atoms with van der Waals surface area (Å²) in [5.41, 5.74) is 3.91. The molecule has 0 radical (unpaired) electrons. The molecule has 7 atom stereocenters. The van der Waals surface area contributed by atoms with Crippen molar-refractivity contribution in [2.24, 2.45) is 11.8 Å². The van der Waals surface area contributed by atoms with Crippen molar-refractivity contribution in [1.82, 2.24) is 31.1 Å². The third-order valence-corrected chi connectivity index (χ3v) is 16.5. The number of allylic oxidation sites excluding steroid dienone is 1. The molecule has 11 N–H and O–H groups in total. The topological polar surface area (TPSA) is 382 Å². The molecule has 29 nitrogen and oxygen atoms in total. The third-order valence-electron chi connectivity index (χ3n) is 16.5. The number of benzene rings is 4. The number of unbranched alkanes of at least 4 members (excludes halogenated alkanes) is 2. The van der Waals surface area contributed by atoms with E-state index in [-0.39, 0.29) is 116 Å². The van der Waals surface area contributed by atoms with Crippen molar-refractivity contribution >= 4 is 76.3 Å². The van der Waals surface area contributed by atoms with Crippen molar-refractivity contribution in [2.45, 2.75) is 156 Å². The second-order valence-corrected chi connectivity index (χ2v) is 25.5. The number of aliphatic hydroxyl groups is 3. The zero-order chi connectivity index (χ0) is 75.4. The standard InChI is InChI=1S/C74H98N10O19/c1-13-15-19-63(87)81-64(43(3)4)68(90)75-47(9)66(88)77-51-24-20-49(21-25-51)41-102-72(94)79-57-35-61(59(97-11)33-55(57)70(92)83-37-45(7)31-53(83)39-85)99-29-17-16-18-30-100-62-36-58(56(34-60(62)98-12)71(93)84-38-46(8)32-54(84)40-86)80-73(95)103-42-50-22-26-52(27-23-50)78-67(89)48(10)76-69(91)65(44(5)6)82-74(96)101-28-14-2/h13-14,20-27,33-38,43-44,47-48,53-54,64-65,72,79,85-86,94H,1-2,15-19,28-32,39-42H2,3-12H3,(H,75,90)(H,76,91)(H,77,88)(H,78,89)(H,80,95)(H,81,87)(H,82,96)/t47-,48-,53-,54?,64-,65-,72?/m0/s1. The first-order valence-corrected chi connectivity index (χ1v) is 34.0. The van der Waals surface area contributed by atoms with Gasteiger partial charge in [-0.05, 0) is 126 Å². The summed E-state index contributed by atoms with van der Waals surface area (Å²) in [7, 11) is 2.82. The smallest absolute Gasteiger partial charge is 0.411 e. The highest BCUT2D eigenvalue weighted by atomic mass is 16.6. The summed E-state index contributed by atoms with van der Waals surface area (Å²) >= 11 is 0. The fourth-order valence-electron chi connectivity index (χ4n) is 10.9. The lowest BCUT2D eigenvalue weighted by Gasteiger charge is -2.25. The minimum absolute atomic E-state index is 0.0194. The maximum absolute atomic E-state index is 14.3. The molecule has 2 heterocycles. The molecule has 0 saturated heterocycles. The lowest BCUT2D eigenvalue weighted by molar-refractivity contribution is -0.131. The number of aliphatic hydroxyl groups excluding tert-OH is 3. The number of alkyl carbamates (subject to hydrolysis) is 1. The van der Waals surface area contributed by atoms with Gasteiger partial charge in [-0.15, -0.1) is 6.58 Å². The second-order valence-electron chi connectivity index (χ2n) is 25.5. The molecule has 29 heteroatoms. The first kappa shape index (κ1) is 81.5. The van der Waals surface area contributed by atoms with E-state index in [0.29, 0.717) is 61.0 Å². The summed E-state index contributed by atoms with van der Waals surface area (Å²) in [6.07, 6.45) is 5.96. The maximum Gasteiger partial charge on any atom is 0.411 e. The molecule has 103 heavy (non-hydrogen) atoms. The number of nitrogens with one attached hydrogen (secondary N) is 8. The van der Waals surface area contributed by atoms with Gasteiger partial charge >= 0.3 is 12.2 Å². The largest absolute Gasteiger partial charge is 0.493 e. The molecule has 9 amide bonds. The normalized spacial score (nSPS) is 15.4. The molecule has 2 aliphatic heterocycles. The SMILES string of the molecule is C=CCCC(=O)N[C@H](C(=O)N[C@@H](C)C(=O)Nc1ccc(COC(O)Nc2cc(OCCCCCOc3cc(NC(=O)OCc4ccc(NC(=O)[C@H](C)NC(=O)[C@@H](NC(=O)OCC=C)C(C)C)cc4)c(C(=O)N4C=C(C)CC4CO)cc3OC)c(OC)cc2C(=O)N2C=C(C)C[C@H]2CO)cc1)C(C)C. The molecule has 4 aromatic rings. The zero-order valence-corrected chi connectivity index (χ0v) is 60.0. The Morgan fingerprint density at radius 3 is 1.48 bits per heavy atom. The van der Waals surface area contributed by atoms with Gasteiger partial charge in [-0.2, -0.15) is 0 Å². The molecule has 0 bridgehead atoms. The fraction of sp³-hybridized carbons (Fsp3) is 0.446. The number of carbonyl (C=O) groups is 9. The van der Waals surface area contributed by atoms with Gasteiger partial charge in [-0.3, -0.25) is 38.9 Å². The average molecular weight is 1430 g/mol. The molecule has 6 rings (SSSR count). The summed E-state index contributed by atoms with van der Waals surface area (Å²) in [6, 6.07) is 14.0. The number of amides is 9. The van der Waals surface area contributed by atoms with E-state index in [1.807, 2.05) is 13.8 Å². The molecular formula is C74H98N10O19. The Labute approximate surface area is 600 Å². The van der Waals surface area contributed by atoms with Gasteiger partial charge in [0, 0.05) is 42.3 Å². The highest BCUT2D eigenvalue weighted by Crippen LogP contribution is 2.38. The number of carbonyl (C=O) groups excluding carboxylic acids is 9. The summed E-state index contributed by atoms with van der Waals surface area (Å²) in [5, 5.41) is 53.2. The van der Waals surface area contributed by atoms with Crippen LogP contribution < -0.4 is 61.5 Å². The Morgan fingerprint density at radius 1 is 0.553 bits per heavy atom. The van der Waals surface area contributed by atoms with Crippen LogP contribution >= 0.6 is 0 Å². The van der Waals surface area contributed by atoms with E-state index >= 15 is 0 Å². The molecule has 0 fully saturated rings. The van der Waals surface area contributed by atoms with Gasteiger partial charge < -0.3 is 95.5 Å². The van der Waals surface area contributed by atoms with Gasteiger partial charge in [0.25, 0.3) is 11.8 Å². The Morgan fingerprint density at radius 2 is 1.02 bits per heavy atom. The van der Waals surface area contributed by atoms with Gasteiger partial charge in [0.05, 0.1) is 81.8 Å². The van der Waals surface area contributed by atoms with Crippen LogP contribution in [-0.2, 0) is 51.4 Å². The Bertz CT molecular complexity index is 3690. The van der Waals surface area contributed by atoms with Gasteiger partial charge in [-0.25, -0.2) is 9.59 Å². The average Bonchev–Trinajstić information content (AvgIpc) is 1.79. The molecule has 2 aliphatic rings. The highest BCUT2D eigenvalue weighted by molar-refractivity contribution is 6.05.